The molecule has 0 aliphatic heterocycles. The zero-order valence-electron chi connectivity index (χ0n) is 13.8. The molecule has 0 radical (unpaired) electrons. The zero-order chi connectivity index (χ0) is 16.2. The molecule has 0 saturated carbocycles. The van der Waals surface area contributed by atoms with Crippen molar-refractivity contribution in [2.75, 3.05) is 18.9 Å². The van der Waals surface area contributed by atoms with Crippen LogP contribution in [0.4, 0.5) is 5.69 Å². The fraction of sp³-hybridized carbons (Fsp3) is 0.368. The minimum absolute atomic E-state index is 0.161. The van der Waals surface area contributed by atoms with Crippen LogP contribution < -0.4 is 15.2 Å². The molecule has 0 saturated heterocycles. The Morgan fingerprint density at radius 2 is 1.41 bits per heavy atom. The Morgan fingerprint density at radius 3 is 1.95 bits per heavy atom. The van der Waals surface area contributed by atoms with Crippen molar-refractivity contribution in [3.63, 3.8) is 0 Å². The first kappa shape index (κ1) is 16.2. The van der Waals surface area contributed by atoms with Crippen LogP contribution in [0.5, 0.6) is 11.5 Å². The lowest BCUT2D eigenvalue weighted by atomic mass is 9.87. The molecule has 0 fully saturated rings. The van der Waals surface area contributed by atoms with E-state index < -0.39 is 0 Å². The Kier molecular flexibility index (Phi) is 4.96. The van der Waals surface area contributed by atoms with Crippen LogP contribution in [0, 0.1) is 6.92 Å². The molecule has 22 heavy (non-hydrogen) atoms. The summed E-state index contributed by atoms with van der Waals surface area (Å²) in [6.45, 7) is 9.58. The molecule has 0 spiro atoms. The molecule has 118 valence electrons. The van der Waals surface area contributed by atoms with E-state index in [1.165, 1.54) is 5.56 Å². The average Bonchev–Trinajstić information content (AvgIpc) is 2.47. The van der Waals surface area contributed by atoms with E-state index in [-0.39, 0.29) is 5.41 Å². The monoisotopic (exact) mass is 299 g/mol. The lowest BCUT2D eigenvalue weighted by molar-refractivity contribution is 0.217. The Balaban J connectivity index is 1.80. The normalized spacial score (nSPS) is 11.3. The molecular weight excluding hydrogens is 274 g/mol. The molecule has 2 aromatic rings. The average molecular weight is 299 g/mol. The van der Waals surface area contributed by atoms with Crippen LogP contribution in [0.2, 0.25) is 0 Å². The van der Waals surface area contributed by atoms with Gasteiger partial charge in [-0.05, 0) is 53.8 Å². The Hall–Kier alpha value is -2.16. The lowest BCUT2D eigenvalue weighted by Gasteiger charge is -2.19. The minimum Gasteiger partial charge on any atom is -0.490 e. The first-order chi connectivity index (χ1) is 10.4. The molecule has 2 aromatic carbocycles. The van der Waals surface area contributed by atoms with Gasteiger partial charge < -0.3 is 15.2 Å². The summed E-state index contributed by atoms with van der Waals surface area (Å²) >= 11 is 0. The predicted octanol–water partition coefficient (Wildman–Crippen LogP) is 4.33. The lowest BCUT2D eigenvalue weighted by Crippen LogP contribution is -2.11. The molecule has 0 heterocycles. The summed E-state index contributed by atoms with van der Waals surface area (Å²) in [4.78, 5) is 0. The number of rotatable bonds is 5. The smallest absolute Gasteiger partial charge is 0.122 e. The molecule has 0 aliphatic rings. The van der Waals surface area contributed by atoms with Gasteiger partial charge in [0.2, 0.25) is 0 Å². The van der Waals surface area contributed by atoms with Gasteiger partial charge in [0.15, 0.2) is 0 Å². The molecule has 0 unspecified atom stereocenters. The topological polar surface area (TPSA) is 44.5 Å². The van der Waals surface area contributed by atoms with Gasteiger partial charge in [-0.15, -0.1) is 0 Å². The van der Waals surface area contributed by atoms with Crippen LogP contribution in [-0.4, -0.2) is 13.2 Å². The highest BCUT2D eigenvalue weighted by Crippen LogP contribution is 2.24. The molecule has 0 aromatic heterocycles. The highest BCUT2D eigenvalue weighted by Gasteiger charge is 2.12. The molecule has 0 amide bonds. The van der Waals surface area contributed by atoms with Crippen LogP contribution in [-0.2, 0) is 5.41 Å². The molecule has 3 heteroatoms. The van der Waals surface area contributed by atoms with E-state index in [9.17, 15) is 0 Å². The number of anilines is 1. The van der Waals surface area contributed by atoms with Crippen LogP contribution in [0.25, 0.3) is 0 Å². The van der Waals surface area contributed by atoms with E-state index in [2.05, 4.69) is 32.9 Å². The molecule has 2 rings (SSSR count). The van der Waals surface area contributed by atoms with Gasteiger partial charge in [-0.1, -0.05) is 32.9 Å². The summed E-state index contributed by atoms with van der Waals surface area (Å²) in [7, 11) is 0. The number of ether oxygens (including phenoxy) is 2. The van der Waals surface area contributed by atoms with E-state index in [0.717, 1.165) is 22.7 Å². The van der Waals surface area contributed by atoms with Crippen molar-refractivity contribution < 1.29 is 9.47 Å². The highest BCUT2D eigenvalue weighted by atomic mass is 16.5. The maximum absolute atomic E-state index is 5.78. The number of hydrogen-bond acceptors (Lipinski definition) is 3. The zero-order valence-corrected chi connectivity index (χ0v) is 13.8. The highest BCUT2D eigenvalue weighted by molar-refractivity contribution is 5.49. The number of hydrogen-bond donors (Lipinski definition) is 1. The van der Waals surface area contributed by atoms with E-state index in [4.69, 9.17) is 15.2 Å². The van der Waals surface area contributed by atoms with Crippen molar-refractivity contribution in [3.05, 3.63) is 53.6 Å². The summed E-state index contributed by atoms with van der Waals surface area (Å²) in [6, 6.07) is 13.9. The molecule has 3 nitrogen and oxygen atoms in total. The summed E-state index contributed by atoms with van der Waals surface area (Å²) in [5.74, 6) is 1.68. The van der Waals surface area contributed by atoms with Crippen LogP contribution >= 0.6 is 0 Å². The number of nitrogens with two attached hydrogens (primary N) is 1. The van der Waals surface area contributed by atoms with Crippen LogP contribution in [0.3, 0.4) is 0 Å². The standard InChI is InChI=1S/C19H25NO2/c1-14-13-17(9-10-18(14)20)22-12-11-21-16-7-5-15(6-8-16)19(2,3)4/h5-10,13H,11-12,20H2,1-4H3. The van der Waals surface area contributed by atoms with Crippen molar-refractivity contribution >= 4 is 5.69 Å². The van der Waals surface area contributed by atoms with Crippen molar-refractivity contribution in [2.45, 2.75) is 33.1 Å². The quantitative estimate of drug-likeness (QED) is 0.660. The molecule has 0 bridgehead atoms. The third-order valence-electron chi connectivity index (χ3n) is 3.58. The molecule has 0 aliphatic carbocycles. The number of nitrogen functional groups attached to an aromatic ring is 1. The van der Waals surface area contributed by atoms with Crippen molar-refractivity contribution in [3.8, 4) is 11.5 Å². The summed E-state index contributed by atoms with van der Waals surface area (Å²) in [5, 5.41) is 0. The third kappa shape index (κ3) is 4.42. The SMILES string of the molecule is Cc1cc(OCCOc2ccc(C(C)(C)C)cc2)ccc1N. The second-order valence-electron chi connectivity index (χ2n) is 6.49. The van der Waals surface area contributed by atoms with Gasteiger partial charge in [0.05, 0.1) is 0 Å². The fourth-order valence-electron chi connectivity index (χ4n) is 2.11. The molecule has 0 atom stereocenters. The minimum atomic E-state index is 0.161. The van der Waals surface area contributed by atoms with Gasteiger partial charge in [-0.2, -0.15) is 0 Å². The Labute approximate surface area is 133 Å². The first-order valence-corrected chi connectivity index (χ1v) is 7.58. The Morgan fingerprint density at radius 1 is 0.864 bits per heavy atom. The van der Waals surface area contributed by atoms with Gasteiger partial charge in [0.25, 0.3) is 0 Å². The number of aryl methyl sites for hydroxylation is 1. The third-order valence-corrected chi connectivity index (χ3v) is 3.58. The van der Waals surface area contributed by atoms with Gasteiger partial charge in [-0.25, -0.2) is 0 Å². The van der Waals surface area contributed by atoms with E-state index in [1.807, 2.05) is 37.3 Å². The summed E-state index contributed by atoms with van der Waals surface area (Å²) in [6.07, 6.45) is 0. The van der Waals surface area contributed by atoms with Crippen LogP contribution in [0.1, 0.15) is 31.9 Å². The van der Waals surface area contributed by atoms with Crippen molar-refractivity contribution in [1.82, 2.24) is 0 Å². The van der Waals surface area contributed by atoms with Gasteiger partial charge in [0.1, 0.15) is 24.7 Å². The first-order valence-electron chi connectivity index (χ1n) is 7.58. The van der Waals surface area contributed by atoms with E-state index >= 15 is 0 Å². The number of benzene rings is 2. The van der Waals surface area contributed by atoms with Crippen molar-refractivity contribution in [1.29, 1.82) is 0 Å². The maximum Gasteiger partial charge on any atom is 0.122 e. The second kappa shape index (κ2) is 6.73. The van der Waals surface area contributed by atoms with E-state index in [0.29, 0.717) is 13.2 Å². The maximum atomic E-state index is 5.78. The predicted molar refractivity (Wildman–Crippen MR) is 91.7 cm³/mol. The van der Waals surface area contributed by atoms with Gasteiger partial charge >= 0.3 is 0 Å². The Bertz CT molecular complexity index is 612. The largest absolute Gasteiger partial charge is 0.490 e. The van der Waals surface area contributed by atoms with Crippen LogP contribution in [0.15, 0.2) is 42.5 Å². The van der Waals surface area contributed by atoms with E-state index in [1.54, 1.807) is 0 Å². The summed E-state index contributed by atoms with van der Waals surface area (Å²) in [5.41, 5.74) is 9.05. The second-order valence-corrected chi connectivity index (χ2v) is 6.49. The van der Waals surface area contributed by atoms with Gasteiger partial charge in [-0.3, -0.25) is 0 Å². The van der Waals surface area contributed by atoms with Crippen molar-refractivity contribution in [2.24, 2.45) is 0 Å². The molecular formula is C19H25NO2. The van der Waals surface area contributed by atoms with Gasteiger partial charge in [0, 0.05) is 5.69 Å². The fourth-order valence-corrected chi connectivity index (χ4v) is 2.11. The summed E-state index contributed by atoms with van der Waals surface area (Å²) < 4.78 is 11.4. The molecule has 2 N–H and O–H groups in total.